The van der Waals surface area contributed by atoms with Gasteiger partial charge in [0.2, 0.25) is 17.6 Å². The molecule has 4 aromatic rings. The molecule has 3 N–H and O–H groups in total. The number of fused-ring (bicyclic) bond motifs is 1. The molecule has 0 aliphatic rings. The Labute approximate surface area is 159 Å². The van der Waals surface area contributed by atoms with Crippen molar-refractivity contribution in [1.29, 1.82) is 0 Å². The van der Waals surface area contributed by atoms with Gasteiger partial charge in [-0.25, -0.2) is 4.98 Å². The summed E-state index contributed by atoms with van der Waals surface area (Å²) in [5.41, 5.74) is 8.60. The molecule has 28 heavy (non-hydrogen) atoms. The second-order valence-electron chi connectivity index (χ2n) is 6.27. The molecule has 0 aliphatic heterocycles. The smallest absolute Gasteiger partial charge is 0.274 e. The minimum absolute atomic E-state index is 0.276. The molecule has 0 radical (unpaired) electrons. The molecule has 1 aromatic carbocycles. The fraction of sp³-hybridized carbons (Fsp3) is 0.105. The van der Waals surface area contributed by atoms with Gasteiger partial charge in [0.1, 0.15) is 11.3 Å². The number of imidazole rings is 1. The van der Waals surface area contributed by atoms with Gasteiger partial charge in [-0.05, 0) is 30.7 Å². The van der Waals surface area contributed by atoms with Crippen LogP contribution in [0.1, 0.15) is 32.3 Å². The summed E-state index contributed by atoms with van der Waals surface area (Å²) in [4.78, 5) is 32.7. The molecular formula is C19H16N6O3. The van der Waals surface area contributed by atoms with Crippen LogP contribution >= 0.6 is 0 Å². The number of nitrogens with one attached hydrogen (secondary N) is 1. The van der Waals surface area contributed by atoms with Crippen LogP contribution in [0.15, 0.2) is 47.2 Å². The summed E-state index contributed by atoms with van der Waals surface area (Å²) >= 11 is 0. The minimum atomic E-state index is -0.582. The van der Waals surface area contributed by atoms with Crippen LogP contribution in [0.25, 0.3) is 17.0 Å². The zero-order valence-electron chi connectivity index (χ0n) is 15.1. The van der Waals surface area contributed by atoms with Gasteiger partial charge >= 0.3 is 0 Å². The van der Waals surface area contributed by atoms with Crippen molar-refractivity contribution in [1.82, 2.24) is 19.5 Å². The van der Waals surface area contributed by atoms with Crippen molar-refractivity contribution in [2.24, 2.45) is 5.73 Å². The normalized spacial score (nSPS) is 10.9. The van der Waals surface area contributed by atoms with Gasteiger partial charge in [0, 0.05) is 24.4 Å². The highest BCUT2D eigenvalue weighted by Gasteiger charge is 2.16. The molecule has 2 amide bonds. The van der Waals surface area contributed by atoms with E-state index in [1.165, 1.54) is 16.8 Å². The van der Waals surface area contributed by atoms with E-state index in [-0.39, 0.29) is 17.2 Å². The summed E-state index contributed by atoms with van der Waals surface area (Å²) in [6.07, 6.45) is 2.93. The van der Waals surface area contributed by atoms with Crippen LogP contribution in [0.5, 0.6) is 0 Å². The van der Waals surface area contributed by atoms with E-state index in [4.69, 9.17) is 10.3 Å². The number of rotatable bonds is 4. The van der Waals surface area contributed by atoms with E-state index in [9.17, 15) is 9.59 Å². The molecule has 0 atom stereocenters. The summed E-state index contributed by atoms with van der Waals surface area (Å²) in [5, 5.41) is 6.76. The van der Waals surface area contributed by atoms with Gasteiger partial charge in [-0.15, -0.1) is 0 Å². The maximum Gasteiger partial charge on any atom is 0.274 e. The molecule has 0 saturated carbocycles. The maximum atomic E-state index is 12.8. The molecule has 0 bridgehead atoms. The molecule has 4 rings (SSSR count). The number of hydrogen-bond acceptors (Lipinski definition) is 6. The van der Waals surface area contributed by atoms with Crippen LogP contribution < -0.4 is 11.1 Å². The lowest BCUT2D eigenvalue weighted by atomic mass is 10.1. The summed E-state index contributed by atoms with van der Waals surface area (Å²) in [6.45, 7) is 3.58. The van der Waals surface area contributed by atoms with Crippen molar-refractivity contribution in [3.8, 4) is 11.4 Å². The zero-order chi connectivity index (χ0) is 19.8. The van der Waals surface area contributed by atoms with E-state index in [0.29, 0.717) is 28.6 Å². The van der Waals surface area contributed by atoms with E-state index in [1.54, 1.807) is 25.1 Å². The highest BCUT2D eigenvalue weighted by Crippen LogP contribution is 2.24. The Morgan fingerprint density at radius 2 is 2.00 bits per heavy atom. The molecule has 3 aromatic heterocycles. The molecule has 9 nitrogen and oxygen atoms in total. The Morgan fingerprint density at radius 3 is 2.71 bits per heavy atom. The number of carbonyl (C=O) groups is 2. The van der Waals surface area contributed by atoms with Gasteiger partial charge in [-0.3, -0.25) is 14.0 Å². The topological polar surface area (TPSA) is 128 Å². The number of benzene rings is 1. The number of anilines is 1. The third-order valence-corrected chi connectivity index (χ3v) is 4.29. The van der Waals surface area contributed by atoms with E-state index in [2.05, 4.69) is 20.4 Å². The summed E-state index contributed by atoms with van der Waals surface area (Å²) < 4.78 is 6.53. The van der Waals surface area contributed by atoms with Crippen LogP contribution in [-0.2, 0) is 0 Å². The van der Waals surface area contributed by atoms with Gasteiger partial charge < -0.3 is 15.6 Å². The lowest BCUT2D eigenvalue weighted by molar-refractivity contribution is 0.0994. The van der Waals surface area contributed by atoms with Crippen LogP contribution in [0.2, 0.25) is 0 Å². The van der Waals surface area contributed by atoms with Crippen molar-refractivity contribution < 1.29 is 14.1 Å². The molecular weight excluding hydrogens is 360 g/mol. The first-order chi connectivity index (χ1) is 13.4. The van der Waals surface area contributed by atoms with Gasteiger partial charge in [0.25, 0.3) is 5.91 Å². The maximum absolute atomic E-state index is 12.8. The van der Waals surface area contributed by atoms with Crippen molar-refractivity contribution in [3.05, 3.63) is 65.4 Å². The molecule has 140 valence electrons. The molecule has 0 saturated heterocycles. The van der Waals surface area contributed by atoms with E-state index in [1.807, 2.05) is 19.1 Å². The average Bonchev–Trinajstić information content (AvgIpc) is 3.29. The first-order valence-corrected chi connectivity index (χ1v) is 8.42. The molecule has 0 unspecified atom stereocenters. The van der Waals surface area contributed by atoms with Gasteiger partial charge in [0.05, 0.1) is 11.8 Å². The SMILES string of the molecule is Cc1nc(-c2ccc(C)c(NC(=O)c3cnc4ccc(C(N)=O)cn34)c2)no1. The standard InChI is InChI=1S/C19H16N6O3/c1-10-3-4-12(18-22-11(2)28-24-18)7-14(10)23-19(27)15-8-21-16-6-5-13(17(20)26)9-25(15)16/h3-9H,1-2H3,(H2,20,26)(H,23,27). The Kier molecular flexibility index (Phi) is 4.11. The predicted octanol–water partition coefficient (Wildman–Crippen LogP) is 2.35. The summed E-state index contributed by atoms with van der Waals surface area (Å²) in [5.74, 6) is -0.0642. The van der Waals surface area contributed by atoms with Gasteiger partial charge in [-0.2, -0.15) is 4.98 Å². The number of nitrogens with zero attached hydrogens (tertiary/aromatic N) is 4. The van der Waals surface area contributed by atoms with Gasteiger partial charge in [-0.1, -0.05) is 17.3 Å². The average molecular weight is 376 g/mol. The molecule has 3 heterocycles. The van der Waals surface area contributed by atoms with E-state index in [0.717, 1.165) is 5.56 Å². The molecule has 9 heteroatoms. The predicted molar refractivity (Wildman–Crippen MR) is 101 cm³/mol. The number of amides is 2. The highest BCUT2D eigenvalue weighted by atomic mass is 16.5. The van der Waals surface area contributed by atoms with Crippen LogP contribution in [0, 0.1) is 13.8 Å². The third-order valence-electron chi connectivity index (χ3n) is 4.29. The highest BCUT2D eigenvalue weighted by molar-refractivity contribution is 6.04. The van der Waals surface area contributed by atoms with Crippen molar-refractivity contribution in [2.45, 2.75) is 13.8 Å². The minimum Gasteiger partial charge on any atom is -0.366 e. The van der Waals surface area contributed by atoms with Crippen LogP contribution in [0.3, 0.4) is 0 Å². The fourth-order valence-electron chi connectivity index (χ4n) is 2.79. The number of nitrogens with two attached hydrogens (primary N) is 1. The van der Waals surface area contributed by atoms with Crippen LogP contribution in [-0.4, -0.2) is 31.3 Å². The lowest BCUT2D eigenvalue weighted by Crippen LogP contribution is -2.16. The number of pyridine rings is 1. The summed E-state index contributed by atoms with van der Waals surface area (Å²) in [7, 11) is 0. The zero-order valence-corrected chi connectivity index (χ0v) is 15.1. The Bertz CT molecular complexity index is 1220. The first kappa shape index (κ1) is 17.4. The van der Waals surface area contributed by atoms with Crippen molar-refractivity contribution in [3.63, 3.8) is 0 Å². The Hall–Kier alpha value is -4.01. The monoisotopic (exact) mass is 376 g/mol. The molecule has 0 spiro atoms. The van der Waals surface area contributed by atoms with E-state index >= 15 is 0 Å². The number of aromatic nitrogens is 4. The Morgan fingerprint density at radius 1 is 1.18 bits per heavy atom. The Balaban J connectivity index is 1.68. The number of aryl methyl sites for hydroxylation is 2. The quantitative estimate of drug-likeness (QED) is 0.562. The van der Waals surface area contributed by atoms with Crippen molar-refractivity contribution in [2.75, 3.05) is 5.32 Å². The molecule has 0 aliphatic carbocycles. The second-order valence-corrected chi connectivity index (χ2v) is 6.27. The number of primary amides is 1. The first-order valence-electron chi connectivity index (χ1n) is 8.42. The van der Waals surface area contributed by atoms with Crippen molar-refractivity contribution >= 4 is 23.1 Å². The second kappa shape index (κ2) is 6.62. The largest absolute Gasteiger partial charge is 0.366 e. The molecule has 0 fully saturated rings. The van der Waals surface area contributed by atoms with Crippen LogP contribution in [0.4, 0.5) is 5.69 Å². The number of hydrogen-bond donors (Lipinski definition) is 2. The summed E-state index contributed by atoms with van der Waals surface area (Å²) in [6, 6.07) is 8.67. The van der Waals surface area contributed by atoms with E-state index < -0.39 is 5.91 Å². The lowest BCUT2D eigenvalue weighted by Gasteiger charge is -2.10. The number of carbonyl (C=O) groups excluding carboxylic acids is 2. The third kappa shape index (κ3) is 3.09. The van der Waals surface area contributed by atoms with Gasteiger partial charge in [0.15, 0.2) is 0 Å². The fourth-order valence-corrected chi connectivity index (χ4v) is 2.79.